The quantitative estimate of drug-likeness (QED) is 0.789. The van der Waals surface area contributed by atoms with E-state index < -0.39 is 0 Å². The molecule has 3 aromatic rings. The highest BCUT2D eigenvalue weighted by atomic mass is 16.5. The number of aromatic nitrogens is 2. The molecule has 0 bridgehead atoms. The van der Waals surface area contributed by atoms with Gasteiger partial charge < -0.3 is 9.84 Å². The molecule has 1 aromatic heterocycles. The van der Waals surface area contributed by atoms with Gasteiger partial charge >= 0.3 is 0 Å². The van der Waals surface area contributed by atoms with Crippen LogP contribution in [0.2, 0.25) is 0 Å². The molecule has 3 rings (SSSR count). The topological polar surface area (TPSA) is 47.3 Å². The lowest BCUT2D eigenvalue weighted by Crippen LogP contribution is -2.00. The van der Waals surface area contributed by atoms with Crippen molar-refractivity contribution in [2.75, 3.05) is 0 Å². The highest BCUT2D eigenvalue weighted by Crippen LogP contribution is 2.21. The molecule has 0 unspecified atom stereocenters. The van der Waals surface area contributed by atoms with E-state index in [2.05, 4.69) is 24.2 Å². The van der Waals surface area contributed by atoms with E-state index in [9.17, 15) is 5.11 Å². The number of aromatic hydroxyl groups is 1. The van der Waals surface area contributed by atoms with Crippen LogP contribution in [0, 0.1) is 0 Å². The number of rotatable bonds is 4. The highest BCUT2D eigenvalue weighted by Gasteiger charge is 2.09. The third-order valence-corrected chi connectivity index (χ3v) is 3.25. The molecule has 0 aliphatic carbocycles. The zero-order valence-corrected chi connectivity index (χ0v) is 11.3. The lowest BCUT2D eigenvalue weighted by atomic mass is 10.2. The maximum Gasteiger partial charge on any atom is 0.133 e. The first-order valence-electron chi connectivity index (χ1n) is 6.64. The third-order valence-electron chi connectivity index (χ3n) is 3.25. The maximum absolute atomic E-state index is 9.25. The van der Waals surface area contributed by atoms with E-state index in [0.717, 1.165) is 28.9 Å². The van der Waals surface area contributed by atoms with E-state index in [1.807, 2.05) is 16.8 Å². The van der Waals surface area contributed by atoms with E-state index in [0.29, 0.717) is 6.61 Å². The van der Waals surface area contributed by atoms with Crippen LogP contribution in [0.5, 0.6) is 11.5 Å². The van der Waals surface area contributed by atoms with Gasteiger partial charge in [-0.15, -0.1) is 0 Å². The number of phenolic OH excluding ortho intramolecular Hbond substituents is 1. The van der Waals surface area contributed by atoms with Crippen molar-refractivity contribution in [2.45, 2.75) is 20.1 Å². The Labute approximate surface area is 117 Å². The molecule has 4 nitrogen and oxygen atoms in total. The Kier molecular flexibility index (Phi) is 3.29. The Morgan fingerprint density at radius 3 is 2.60 bits per heavy atom. The normalized spacial score (nSPS) is 10.8. The Hall–Kier alpha value is -2.49. The van der Waals surface area contributed by atoms with Crippen molar-refractivity contribution in [2.24, 2.45) is 0 Å². The summed E-state index contributed by atoms with van der Waals surface area (Å²) in [7, 11) is 0. The first-order chi connectivity index (χ1) is 9.78. The number of aryl methyl sites for hydroxylation is 1. The van der Waals surface area contributed by atoms with Crippen molar-refractivity contribution >= 4 is 10.9 Å². The molecular weight excluding hydrogens is 252 g/mol. The molecule has 0 aliphatic rings. The molecule has 0 amide bonds. The fourth-order valence-corrected chi connectivity index (χ4v) is 2.24. The highest BCUT2D eigenvalue weighted by molar-refractivity contribution is 5.81. The zero-order valence-electron chi connectivity index (χ0n) is 11.3. The van der Waals surface area contributed by atoms with Crippen molar-refractivity contribution in [1.82, 2.24) is 9.78 Å². The van der Waals surface area contributed by atoms with Gasteiger partial charge in [0.05, 0.1) is 5.52 Å². The largest absolute Gasteiger partial charge is 0.508 e. The Morgan fingerprint density at radius 2 is 1.85 bits per heavy atom. The second-order valence-corrected chi connectivity index (χ2v) is 4.56. The molecule has 0 radical (unpaired) electrons. The molecule has 0 fully saturated rings. The lowest BCUT2D eigenvalue weighted by Gasteiger charge is -2.04. The Bertz CT molecular complexity index is 717. The van der Waals surface area contributed by atoms with Crippen LogP contribution in [-0.2, 0) is 13.2 Å². The molecule has 102 valence electrons. The number of fused-ring (bicyclic) bond motifs is 1. The standard InChI is InChI=1S/C16H16N2O2/c1-2-18-16-6-4-3-5-14(16)15(17-18)11-20-13-9-7-12(19)8-10-13/h3-10,19H,2,11H2,1H3. The average Bonchev–Trinajstić information content (AvgIpc) is 2.85. The smallest absolute Gasteiger partial charge is 0.133 e. The predicted octanol–water partition coefficient (Wildman–Crippen LogP) is 3.34. The minimum Gasteiger partial charge on any atom is -0.508 e. The maximum atomic E-state index is 9.25. The van der Waals surface area contributed by atoms with Crippen molar-refractivity contribution < 1.29 is 9.84 Å². The first kappa shape index (κ1) is 12.5. The molecule has 4 heteroatoms. The number of para-hydroxylation sites is 1. The summed E-state index contributed by atoms with van der Waals surface area (Å²) >= 11 is 0. The number of phenols is 1. The third kappa shape index (κ3) is 2.32. The molecule has 0 aliphatic heterocycles. The van der Waals surface area contributed by atoms with Crippen molar-refractivity contribution in [1.29, 1.82) is 0 Å². The molecular formula is C16H16N2O2. The second-order valence-electron chi connectivity index (χ2n) is 4.56. The summed E-state index contributed by atoms with van der Waals surface area (Å²) in [5.41, 5.74) is 2.05. The molecule has 1 N–H and O–H groups in total. The van der Waals surface area contributed by atoms with Gasteiger partial charge in [-0.3, -0.25) is 4.68 Å². The van der Waals surface area contributed by atoms with E-state index in [1.165, 1.54) is 0 Å². The van der Waals surface area contributed by atoms with Crippen LogP contribution in [0.4, 0.5) is 0 Å². The molecule has 0 spiro atoms. The first-order valence-corrected chi connectivity index (χ1v) is 6.64. The van der Waals surface area contributed by atoms with Crippen LogP contribution in [-0.4, -0.2) is 14.9 Å². The van der Waals surface area contributed by atoms with Crippen LogP contribution in [0.3, 0.4) is 0 Å². The van der Waals surface area contributed by atoms with Gasteiger partial charge in [-0.1, -0.05) is 18.2 Å². The monoisotopic (exact) mass is 268 g/mol. The summed E-state index contributed by atoms with van der Waals surface area (Å²) in [5.74, 6) is 0.955. The van der Waals surface area contributed by atoms with Gasteiger partial charge in [0, 0.05) is 11.9 Å². The molecule has 0 atom stereocenters. The summed E-state index contributed by atoms with van der Waals surface area (Å²) in [6.07, 6.45) is 0. The molecule has 20 heavy (non-hydrogen) atoms. The minimum absolute atomic E-state index is 0.234. The van der Waals surface area contributed by atoms with Gasteiger partial charge in [0.2, 0.25) is 0 Å². The van der Waals surface area contributed by atoms with Gasteiger partial charge in [0.1, 0.15) is 23.8 Å². The summed E-state index contributed by atoms with van der Waals surface area (Å²) in [6, 6.07) is 14.9. The van der Waals surface area contributed by atoms with Crippen molar-refractivity contribution in [3.8, 4) is 11.5 Å². The molecule has 2 aromatic carbocycles. The van der Waals surface area contributed by atoms with Crippen LogP contribution in [0.25, 0.3) is 10.9 Å². The van der Waals surface area contributed by atoms with E-state index in [4.69, 9.17) is 4.74 Å². The minimum atomic E-state index is 0.234. The van der Waals surface area contributed by atoms with Crippen molar-refractivity contribution in [3.63, 3.8) is 0 Å². The molecule has 0 saturated heterocycles. The van der Waals surface area contributed by atoms with Gasteiger partial charge in [-0.25, -0.2) is 0 Å². The lowest BCUT2D eigenvalue weighted by molar-refractivity contribution is 0.300. The van der Waals surface area contributed by atoms with Gasteiger partial charge in [0.15, 0.2) is 0 Å². The summed E-state index contributed by atoms with van der Waals surface area (Å²) in [6.45, 7) is 3.32. The predicted molar refractivity (Wildman–Crippen MR) is 77.8 cm³/mol. The van der Waals surface area contributed by atoms with Gasteiger partial charge in [-0.2, -0.15) is 5.10 Å². The summed E-state index contributed by atoms with van der Waals surface area (Å²) < 4.78 is 7.70. The Morgan fingerprint density at radius 1 is 1.10 bits per heavy atom. The fraction of sp³-hybridized carbons (Fsp3) is 0.188. The number of hydrogen-bond donors (Lipinski definition) is 1. The summed E-state index contributed by atoms with van der Waals surface area (Å²) in [4.78, 5) is 0. The van der Waals surface area contributed by atoms with Gasteiger partial charge in [-0.05, 0) is 37.3 Å². The van der Waals surface area contributed by atoms with E-state index in [-0.39, 0.29) is 5.75 Å². The van der Waals surface area contributed by atoms with Crippen LogP contribution in [0.1, 0.15) is 12.6 Å². The average molecular weight is 268 g/mol. The zero-order chi connectivity index (χ0) is 13.9. The number of benzene rings is 2. The molecule has 0 saturated carbocycles. The van der Waals surface area contributed by atoms with Crippen LogP contribution >= 0.6 is 0 Å². The van der Waals surface area contributed by atoms with Crippen LogP contribution < -0.4 is 4.74 Å². The number of nitrogens with zero attached hydrogens (tertiary/aromatic N) is 2. The van der Waals surface area contributed by atoms with Crippen molar-refractivity contribution in [3.05, 3.63) is 54.2 Å². The number of ether oxygens (including phenoxy) is 1. The SMILES string of the molecule is CCn1nc(COc2ccc(O)cc2)c2ccccc21. The second kappa shape index (κ2) is 5.25. The summed E-state index contributed by atoms with van der Waals surface area (Å²) in [5, 5.41) is 14.9. The fourth-order valence-electron chi connectivity index (χ4n) is 2.24. The number of hydrogen-bond acceptors (Lipinski definition) is 3. The van der Waals surface area contributed by atoms with Gasteiger partial charge in [0.25, 0.3) is 0 Å². The Balaban J connectivity index is 1.85. The molecule has 1 heterocycles. The van der Waals surface area contributed by atoms with Crippen LogP contribution in [0.15, 0.2) is 48.5 Å². The van der Waals surface area contributed by atoms with E-state index >= 15 is 0 Å². The van der Waals surface area contributed by atoms with E-state index in [1.54, 1.807) is 24.3 Å².